The van der Waals surface area contributed by atoms with Crippen LogP contribution in [-0.4, -0.2) is 43.4 Å². The van der Waals surface area contributed by atoms with Crippen molar-refractivity contribution in [1.29, 1.82) is 0 Å². The van der Waals surface area contributed by atoms with Crippen molar-refractivity contribution in [1.82, 2.24) is 14.9 Å². The quantitative estimate of drug-likeness (QED) is 0.301. The molecule has 37 heavy (non-hydrogen) atoms. The van der Waals surface area contributed by atoms with Gasteiger partial charge in [-0.25, -0.2) is 18.5 Å². The molecule has 0 spiro atoms. The molecule has 10 heteroatoms. The van der Waals surface area contributed by atoms with E-state index in [-0.39, 0.29) is 10.5 Å². The minimum Gasteiger partial charge on any atom is -0.339 e. The van der Waals surface area contributed by atoms with Crippen LogP contribution < -0.4 is 21.3 Å². The first-order valence-electron chi connectivity index (χ1n) is 12.2. The number of pyridine rings is 2. The Balaban J connectivity index is 1.49. The molecule has 0 saturated carbocycles. The molecule has 1 saturated heterocycles. The van der Waals surface area contributed by atoms with Crippen molar-refractivity contribution in [2.24, 2.45) is 5.14 Å². The topological polar surface area (TPSA) is 133 Å². The number of H-pyrrole nitrogens is 1. The molecule has 0 bridgehead atoms. The summed E-state index contributed by atoms with van der Waals surface area (Å²) in [6.07, 6.45) is 3.84. The Bertz CT molecular complexity index is 1610. The number of fused-ring (bicyclic) bond motifs is 1. The van der Waals surface area contributed by atoms with Crippen LogP contribution in [0.5, 0.6) is 0 Å². The first-order chi connectivity index (χ1) is 17.7. The average Bonchev–Trinajstić information content (AvgIpc) is 2.84. The van der Waals surface area contributed by atoms with Crippen LogP contribution in [0, 0.1) is 6.92 Å². The van der Waals surface area contributed by atoms with Crippen molar-refractivity contribution in [3.63, 3.8) is 0 Å². The summed E-state index contributed by atoms with van der Waals surface area (Å²) in [4.78, 5) is 22.4. The van der Waals surface area contributed by atoms with Gasteiger partial charge < -0.3 is 20.5 Å². The molecule has 4 aromatic rings. The van der Waals surface area contributed by atoms with E-state index in [2.05, 4.69) is 44.7 Å². The zero-order chi connectivity index (χ0) is 26.2. The third-order valence-corrected chi connectivity index (χ3v) is 7.79. The predicted octanol–water partition coefficient (Wildman–Crippen LogP) is 4.18. The van der Waals surface area contributed by atoms with Gasteiger partial charge in [-0.15, -0.1) is 0 Å². The second-order valence-electron chi connectivity index (χ2n) is 9.62. The molecule has 0 amide bonds. The highest BCUT2D eigenvalue weighted by atomic mass is 32.2. The third-order valence-electron chi connectivity index (χ3n) is 6.82. The van der Waals surface area contributed by atoms with Crippen LogP contribution in [0.3, 0.4) is 0 Å². The van der Waals surface area contributed by atoms with Crippen LogP contribution in [0.1, 0.15) is 29.9 Å². The van der Waals surface area contributed by atoms with Crippen molar-refractivity contribution in [2.75, 3.05) is 30.8 Å². The van der Waals surface area contributed by atoms with Crippen molar-refractivity contribution in [3.05, 3.63) is 82.3 Å². The largest absolute Gasteiger partial charge is 0.339 e. The molecular weight excluding hydrogens is 488 g/mol. The number of piperidine rings is 1. The van der Waals surface area contributed by atoms with Gasteiger partial charge in [0.25, 0.3) is 5.56 Å². The van der Waals surface area contributed by atoms with E-state index in [1.54, 1.807) is 30.5 Å². The summed E-state index contributed by atoms with van der Waals surface area (Å²) in [7, 11) is -1.81. The summed E-state index contributed by atoms with van der Waals surface area (Å²) in [6, 6.07) is 16.6. The summed E-state index contributed by atoms with van der Waals surface area (Å²) in [5.41, 5.74) is 3.00. The van der Waals surface area contributed by atoms with Gasteiger partial charge in [-0.05, 0) is 98.7 Å². The number of aryl methyl sites for hydroxylation is 1. The molecule has 1 aliphatic rings. The lowest BCUT2D eigenvalue weighted by Gasteiger charge is -2.29. The summed E-state index contributed by atoms with van der Waals surface area (Å²) in [5, 5.41) is 12.9. The lowest BCUT2D eigenvalue weighted by Crippen LogP contribution is -2.29. The monoisotopic (exact) mass is 518 g/mol. The number of benzene rings is 2. The van der Waals surface area contributed by atoms with Gasteiger partial charge in [-0.1, -0.05) is 18.2 Å². The minimum atomic E-state index is -3.96. The van der Waals surface area contributed by atoms with E-state index in [0.29, 0.717) is 34.0 Å². The van der Waals surface area contributed by atoms with Gasteiger partial charge in [0, 0.05) is 11.9 Å². The molecule has 9 nitrogen and oxygen atoms in total. The SMILES string of the molecule is Cc1ccc(S(N)(=O)=O)c(Nc2cc3cc[nH]c(=O)c3c(Nc3ccc(C4CCN(C)CC4)cc3)n2)c1. The van der Waals surface area contributed by atoms with Crippen molar-refractivity contribution < 1.29 is 8.42 Å². The predicted molar refractivity (Wildman–Crippen MR) is 147 cm³/mol. The van der Waals surface area contributed by atoms with Gasteiger partial charge in [0.15, 0.2) is 0 Å². The molecule has 2 aromatic heterocycles. The first-order valence-corrected chi connectivity index (χ1v) is 13.7. The zero-order valence-electron chi connectivity index (χ0n) is 20.8. The first kappa shape index (κ1) is 24.9. The van der Waals surface area contributed by atoms with Crippen LogP contribution in [-0.2, 0) is 10.0 Å². The highest BCUT2D eigenvalue weighted by Crippen LogP contribution is 2.31. The van der Waals surface area contributed by atoms with E-state index in [0.717, 1.165) is 37.2 Å². The Morgan fingerprint density at radius 3 is 2.46 bits per heavy atom. The molecule has 192 valence electrons. The number of likely N-dealkylation sites (tertiary alicyclic amines) is 1. The fraction of sp³-hybridized carbons (Fsp3) is 0.259. The van der Waals surface area contributed by atoms with Crippen LogP contribution in [0.4, 0.5) is 23.0 Å². The second kappa shape index (κ2) is 9.97. The second-order valence-corrected chi connectivity index (χ2v) is 11.2. The fourth-order valence-corrected chi connectivity index (χ4v) is 5.49. The molecule has 0 aliphatic carbocycles. The van der Waals surface area contributed by atoms with Gasteiger partial charge in [0.1, 0.15) is 16.5 Å². The molecule has 0 radical (unpaired) electrons. The number of anilines is 4. The van der Waals surface area contributed by atoms with Gasteiger partial charge in [-0.2, -0.15) is 0 Å². The number of nitrogens with two attached hydrogens (primary N) is 1. The Morgan fingerprint density at radius 2 is 1.76 bits per heavy atom. The summed E-state index contributed by atoms with van der Waals surface area (Å²) in [5.74, 6) is 1.28. The molecule has 5 N–H and O–H groups in total. The molecule has 5 rings (SSSR count). The van der Waals surface area contributed by atoms with Gasteiger partial charge in [-0.3, -0.25) is 4.79 Å². The average molecular weight is 519 g/mol. The molecule has 3 heterocycles. The molecule has 0 atom stereocenters. The smallest absolute Gasteiger partial charge is 0.259 e. The molecule has 2 aromatic carbocycles. The number of aromatic amines is 1. The Kier molecular flexibility index (Phi) is 6.72. The number of aromatic nitrogens is 2. The highest BCUT2D eigenvalue weighted by Gasteiger charge is 2.19. The fourth-order valence-electron chi connectivity index (χ4n) is 4.81. The number of primary sulfonamides is 1. The molecule has 1 fully saturated rings. The number of nitrogens with one attached hydrogen (secondary N) is 3. The Morgan fingerprint density at radius 1 is 1.03 bits per heavy atom. The summed E-state index contributed by atoms with van der Waals surface area (Å²) >= 11 is 0. The van der Waals surface area contributed by atoms with Crippen LogP contribution in [0.25, 0.3) is 10.8 Å². The maximum Gasteiger partial charge on any atom is 0.259 e. The molecule has 0 unspecified atom stereocenters. The van der Waals surface area contributed by atoms with Crippen LogP contribution >= 0.6 is 0 Å². The van der Waals surface area contributed by atoms with Crippen LogP contribution in [0.2, 0.25) is 0 Å². The third kappa shape index (κ3) is 5.51. The normalized spacial score (nSPS) is 15.1. The maximum atomic E-state index is 12.7. The number of rotatable bonds is 6. The summed E-state index contributed by atoms with van der Waals surface area (Å²) < 4.78 is 24.3. The maximum absolute atomic E-state index is 12.7. The van der Waals surface area contributed by atoms with E-state index < -0.39 is 10.0 Å². The number of hydrogen-bond donors (Lipinski definition) is 4. The summed E-state index contributed by atoms with van der Waals surface area (Å²) in [6.45, 7) is 4.04. The van der Waals surface area contributed by atoms with Gasteiger partial charge in [0.05, 0.1) is 11.1 Å². The van der Waals surface area contributed by atoms with Crippen LogP contribution in [0.15, 0.2) is 70.5 Å². The van der Waals surface area contributed by atoms with Crippen molar-refractivity contribution in [2.45, 2.75) is 30.6 Å². The minimum absolute atomic E-state index is 0.0371. The van der Waals surface area contributed by atoms with Gasteiger partial charge in [0.2, 0.25) is 10.0 Å². The standard InChI is InChI=1S/C27H30N6O3S/c1-17-3-8-23(37(28,35)36)22(15-17)31-24-16-20-9-12-29-27(34)25(20)26(32-24)30-21-6-4-18(5-7-21)19-10-13-33(2)14-11-19/h3-9,12,15-16,19H,10-11,13-14H2,1-2H3,(H,29,34)(H2,28,35,36)(H2,30,31,32). The van der Waals surface area contributed by atoms with Crippen molar-refractivity contribution in [3.8, 4) is 0 Å². The highest BCUT2D eigenvalue weighted by molar-refractivity contribution is 7.89. The van der Waals surface area contributed by atoms with E-state index in [1.807, 2.05) is 19.1 Å². The van der Waals surface area contributed by atoms with Crippen molar-refractivity contribution >= 4 is 43.8 Å². The number of sulfonamides is 1. The number of nitrogens with zero attached hydrogens (tertiary/aromatic N) is 2. The van der Waals surface area contributed by atoms with E-state index >= 15 is 0 Å². The lowest BCUT2D eigenvalue weighted by atomic mass is 9.89. The van der Waals surface area contributed by atoms with Gasteiger partial charge >= 0.3 is 0 Å². The Hall–Kier alpha value is -3.73. The zero-order valence-corrected chi connectivity index (χ0v) is 21.6. The molecule has 1 aliphatic heterocycles. The number of hydrogen-bond acceptors (Lipinski definition) is 7. The molecular formula is C27H30N6O3S. The lowest BCUT2D eigenvalue weighted by molar-refractivity contribution is 0.255. The van der Waals surface area contributed by atoms with E-state index in [1.165, 1.54) is 11.6 Å². The van der Waals surface area contributed by atoms with E-state index in [9.17, 15) is 13.2 Å². The van der Waals surface area contributed by atoms with E-state index in [4.69, 9.17) is 5.14 Å². The Labute approximate surface area is 215 Å².